The van der Waals surface area contributed by atoms with Gasteiger partial charge in [0.05, 0.1) is 42.9 Å². The van der Waals surface area contributed by atoms with Gasteiger partial charge in [-0.15, -0.1) is 0 Å². The Labute approximate surface area is 241 Å². The van der Waals surface area contributed by atoms with E-state index in [0.29, 0.717) is 24.0 Å². The first-order valence-corrected chi connectivity index (χ1v) is 14.7. The molecule has 4 aromatic rings. The van der Waals surface area contributed by atoms with E-state index < -0.39 is 0 Å². The van der Waals surface area contributed by atoms with Crippen molar-refractivity contribution in [1.82, 2.24) is 19.4 Å². The second kappa shape index (κ2) is 12.8. The van der Waals surface area contributed by atoms with Crippen molar-refractivity contribution < 1.29 is 19.0 Å². The highest BCUT2D eigenvalue weighted by Gasteiger charge is 2.25. The van der Waals surface area contributed by atoms with Crippen LogP contribution in [-0.2, 0) is 29.2 Å². The Morgan fingerprint density at radius 3 is 2.66 bits per heavy atom. The number of benzene rings is 2. The minimum atomic E-state index is -0.334. The molecule has 2 aromatic heterocycles. The summed E-state index contributed by atoms with van der Waals surface area (Å²) in [6.07, 6.45) is 5.70. The van der Waals surface area contributed by atoms with Gasteiger partial charge in [-0.25, -0.2) is 14.8 Å². The van der Waals surface area contributed by atoms with Gasteiger partial charge < -0.3 is 18.8 Å². The molecule has 2 fully saturated rings. The van der Waals surface area contributed by atoms with Crippen LogP contribution in [0.5, 0.6) is 5.88 Å². The van der Waals surface area contributed by atoms with Crippen LogP contribution in [0.25, 0.3) is 11.0 Å². The van der Waals surface area contributed by atoms with Gasteiger partial charge in [-0.3, -0.25) is 4.90 Å². The molecule has 0 saturated carbocycles. The van der Waals surface area contributed by atoms with Crippen LogP contribution in [0.1, 0.15) is 65.5 Å². The SMILES string of the molecule is COC(=O)c1ccc2nc(CN3CCCCC(c4cccc(OCc5ccccc5)n4)CC3)n(C[C@@H]3CCO3)c2c1. The normalized spacial score (nSPS) is 19.7. The number of carbonyl (C=O) groups is 1. The summed E-state index contributed by atoms with van der Waals surface area (Å²) in [6, 6.07) is 22.0. The lowest BCUT2D eigenvalue weighted by Gasteiger charge is -2.30. The number of hydrogen-bond donors (Lipinski definition) is 0. The number of fused-ring (bicyclic) bond motifs is 1. The molecule has 2 aromatic carbocycles. The minimum absolute atomic E-state index is 0.187. The number of carbonyl (C=O) groups excluding carboxylic acids is 1. The van der Waals surface area contributed by atoms with Crippen LogP contribution >= 0.6 is 0 Å². The first-order valence-electron chi connectivity index (χ1n) is 14.7. The molecule has 6 rings (SSSR count). The molecule has 0 bridgehead atoms. The topological polar surface area (TPSA) is 78.7 Å². The summed E-state index contributed by atoms with van der Waals surface area (Å²) in [5.74, 6) is 1.76. The molecule has 41 heavy (non-hydrogen) atoms. The molecule has 214 valence electrons. The smallest absolute Gasteiger partial charge is 0.337 e. The Hall–Kier alpha value is -3.75. The zero-order valence-electron chi connectivity index (χ0n) is 23.7. The van der Waals surface area contributed by atoms with E-state index in [-0.39, 0.29) is 12.1 Å². The van der Waals surface area contributed by atoms with Gasteiger partial charge in [0.15, 0.2) is 0 Å². The van der Waals surface area contributed by atoms with Gasteiger partial charge in [-0.1, -0.05) is 42.8 Å². The Balaban J connectivity index is 1.16. The van der Waals surface area contributed by atoms with Crippen molar-refractivity contribution >= 4 is 17.0 Å². The lowest BCUT2D eigenvalue weighted by Crippen LogP contribution is -2.33. The minimum Gasteiger partial charge on any atom is -0.473 e. The molecule has 8 nitrogen and oxygen atoms in total. The van der Waals surface area contributed by atoms with E-state index in [1.165, 1.54) is 7.11 Å². The number of hydrogen-bond acceptors (Lipinski definition) is 7. The summed E-state index contributed by atoms with van der Waals surface area (Å²) in [5.41, 5.74) is 4.65. The fourth-order valence-corrected chi connectivity index (χ4v) is 5.82. The maximum Gasteiger partial charge on any atom is 0.337 e. The standard InChI is InChI=1S/C33H38N4O4/c1-39-33(38)26-13-14-29-30(20-26)37(21-27-16-19-40-27)31(34-29)22-36-17-6-5-10-25(15-18-36)28-11-7-12-32(35-28)41-23-24-8-3-2-4-9-24/h2-4,7-9,11-14,20,25,27H,5-6,10,15-19,21-23H2,1H3/t25?,27-/m0/s1. The van der Waals surface area contributed by atoms with Gasteiger partial charge in [0.1, 0.15) is 12.4 Å². The molecule has 8 heteroatoms. The van der Waals surface area contributed by atoms with E-state index in [9.17, 15) is 4.79 Å². The molecule has 4 heterocycles. The zero-order chi connectivity index (χ0) is 28.0. The fraction of sp³-hybridized carbons (Fsp3) is 0.424. The molecule has 0 spiro atoms. The molecule has 0 aliphatic carbocycles. The Morgan fingerprint density at radius 1 is 0.976 bits per heavy atom. The molecular formula is C33H38N4O4. The number of nitrogens with zero attached hydrogens (tertiary/aromatic N) is 4. The maximum absolute atomic E-state index is 12.2. The average molecular weight is 555 g/mol. The zero-order valence-corrected chi connectivity index (χ0v) is 23.7. The van der Waals surface area contributed by atoms with Crippen molar-refractivity contribution in [2.45, 2.75) is 63.8 Å². The van der Waals surface area contributed by atoms with Crippen molar-refractivity contribution in [3.63, 3.8) is 0 Å². The number of rotatable bonds is 9. The fourth-order valence-electron chi connectivity index (χ4n) is 5.82. The molecule has 2 atom stereocenters. The third kappa shape index (κ3) is 6.60. The van der Waals surface area contributed by atoms with Crippen LogP contribution < -0.4 is 4.74 Å². The summed E-state index contributed by atoms with van der Waals surface area (Å²) in [7, 11) is 1.41. The van der Waals surface area contributed by atoms with Gasteiger partial charge >= 0.3 is 5.97 Å². The number of methoxy groups -OCH3 is 1. The van der Waals surface area contributed by atoms with Crippen molar-refractivity contribution in [3.05, 3.63) is 89.4 Å². The van der Waals surface area contributed by atoms with E-state index in [2.05, 4.69) is 33.7 Å². The van der Waals surface area contributed by atoms with Crippen LogP contribution in [-0.4, -0.2) is 58.3 Å². The van der Waals surface area contributed by atoms with E-state index in [1.807, 2.05) is 36.4 Å². The Bertz CT molecular complexity index is 1470. The number of pyridine rings is 1. The molecule has 2 aliphatic rings. The summed E-state index contributed by atoms with van der Waals surface area (Å²) >= 11 is 0. The summed E-state index contributed by atoms with van der Waals surface area (Å²) in [6.45, 7) is 4.83. The van der Waals surface area contributed by atoms with E-state index in [4.69, 9.17) is 24.2 Å². The highest BCUT2D eigenvalue weighted by molar-refractivity contribution is 5.93. The summed E-state index contributed by atoms with van der Waals surface area (Å²) in [4.78, 5) is 24.7. The second-order valence-corrected chi connectivity index (χ2v) is 11.0. The molecular weight excluding hydrogens is 516 g/mol. The predicted molar refractivity (Wildman–Crippen MR) is 157 cm³/mol. The van der Waals surface area contributed by atoms with Gasteiger partial charge in [0, 0.05) is 24.3 Å². The Kier molecular flexibility index (Phi) is 8.58. The van der Waals surface area contributed by atoms with Crippen molar-refractivity contribution in [3.8, 4) is 5.88 Å². The average Bonchev–Trinajstić information content (AvgIpc) is 3.31. The van der Waals surface area contributed by atoms with Crippen LogP contribution in [0.15, 0.2) is 66.7 Å². The predicted octanol–water partition coefficient (Wildman–Crippen LogP) is 5.75. The number of ether oxygens (including phenoxy) is 3. The van der Waals surface area contributed by atoms with Crippen LogP contribution in [0.3, 0.4) is 0 Å². The molecule has 0 amide bonds. The number of imidazole rings is 1. The van der Waals surface area contributed by atoms with E-state index in [1.54, 1.807) is 6.07 Å². The molecule has 0 radical (unpaired) electrons. The first-order chi connectivity index (χ1) is 20.2. The first kappa shape index (κ1) is 27.4. The second-order valence-electron chi connectivity index (χ2n) is 11.0. The molecule has 1 unspecified atom stereocenters. The lowest BCUT2D eigenvalue weighted by molar-refractivity contribution is -0.0592. The van der Waals surface area contributed by atoms with Crippen LogP contribution in [0.2, 0.25) is 0 Å². The third-order valence-electron chi connectivity index (χ3n) is 8.26. The van der Waals surface area contributed by atoms with Gasteiger partial charge in [-0.2, -0.15) is 0 Å². The van der Waals surface area contributed by atoms with Crippen LogP contribution in [0, 0.1) is 0 Å². The summed E-state index contributed by atoms with van der Waals surface area (Å²) < 4.78 is 19.0. The Morgan fingerprint density at radius 2 is 1.85 bits per heavy atom. The molecule has 2 aliphatic heterocycles. The van der Waals surface area contributed by atoms with Crippen molar-refractivity contribution in [2.75, 3.05) is 26.8 Å². The number of aromatic nitrogens is 3. The lowest BCUT2D eigenvalue weighted by atomic mass is 9.92. The van der Waals surface area contributed by atoms with E-state index in [0.717, 1.165) is 93.0 Å². The molecule has 0 N–H and O–H groups in total. The monoisotopic (exact) mass is 554 g/mol. The quantitative estimate of drug-likeness (QED) is 0.244. The van der Waals surface area contributed by atoms with E-state index >= 15 is 0 Å². The van der Waals surface area contributed by atoms with Gasteiger partial charge in [0.2, 0.25) is 5.88 Å². The number of likely N-dealkylation sites (tertiary alicyclic amines) is 1. The van der Waals surface area contributed by atoms with Crippen molar-refractivity contribution in [2.24, 2.45) is 0 Å². The van der Waals surface area contributed by atoms with Gasteiger partial charge in [0.25, 0.3) is 0 Å². The van der Waals surface area contributed by atoms with Gasteiger partial charge in [-0.05, 0) is 68.6 Å². The van der Waals surface area contributed by atoms with Crippen molar-refractivity contribution in [1.29, 1.82) is 0 Å². The highest BCUT2D eigenvalue weighted by atomic mass is 16.5. The third-order valence-corrected chi connectivity index (χ3v) is 8.26. The summed E-state index contributed by atoms with van der Waals surface area (Å²) in [5, 5.41) is 0. The number of esters is 1. The van der Waals surface area contributed by atoms with Crippen LogP contribution in [0.4, 0.5) is 0 Å². The molecule has 2 saturated heterocycles. The maximum atomic E-state index is 12.2. The largest absolute Gasteiger partial charge is 0.473 e. The highest BCUT2D eigenvalue weighted by Crippen LogP contribution is 2.29.